The third-order valence-corrected chi connectivity index (χ3v) is 6.25. The number of hydrogen-bond acceptors (Lipinski definition) is 6. The highest BCUT2D eigenvalue weighted by Crippen LogP contribution is 2.41. The second-order valence-electron chi connectivity index (χ2n) is 8.51. The van der Waals surface area contributed by atoms with Gasteiger partial charge in [0.1, 0.15) is 0 Å². The first-order valence-corrected chi connectivity index (χ1v) is 11.2. The maximum Gasteiger partial charge on any atom is 0.277 e. The fraction of sp³-hybridized carbons (Fsp3) is 0.455. The first-order chi connectivity index (χ1) is 14.4. The molecule has 1 N–H and O–H groups in total. The van der Waals surface area contributed by atoms with Crippen LogP contribution >= 0.6 is 11.8 Å². The van der Waals surface area contributed by atoms with E-state index in [4.69, 9.17) is 4.42 Å². The summed E-state index contributed by atoms with van der Waals surface area (Å²) in [6.45, 7) is 8.52. The average molecular weight is 426 g/mol. The van der Waals surface area contributed by atoms with Crippen LogP contribution in [0.5, 0.6) is 0 Å². The van der Waals surface area contributed by atoms with E-state index in [0.29, 0.717) is 17.5 Å². The molecule has 0 saturated heterocycles. The van der Waals surface area contributed by atoms with E-state index >= 15 is 0 Å². The van der Waals surface area contributed by atoms with Crippen LogP contribution in [0.15, 0.2) is 40.1 Å². The van der Waals surface area contributed by atoms with E-state index < -0.39 is 0 Å². The van der Waals surface area contributed by atoms with Gasteiger partial charge in [-0.05, 0) is 36.8 Å². The van der Waals surface area contributed by atoms with E-state index in [1.165, 1.54) is 23.0 Å². The van der Waals surface area contributed by atoms with Crippen molar-refractivity contribution in [1.29, 1.82) is 0 Å². The van der Waals surface area contributed by atoms with Crippen LogP contribution in [-0.4, -0.2) is 31.6 Å². The summed E-state index contributed by atoms with van der Waals surface area (Å²) in [6.07, 6.45) is 4.38. The Bertz CT molecular complexity index is 1060. The zero-order valence-corrected chi connectivity index (χ0v) is 18.6. The third kappa shape index (κ3) is 4.28. The molecule has 2 heterocycles. The zero-order chi connectivity index (χ0) is 21.3. The van der Waals surface area contributed by atoms with Gasteiger partial charge in [0.05, 0.1) is 29.4 Å². The molecule has 0 radical (unpaired) electrons. The summed E-state index contributed by atoms with van der Waals surface area (Å²) >= 11 is 1.27. The van der Waals surface area contributed by atoms with Crippen molar-refractivity contribution in [2.75, 3.05) is 5.75 Å². The Morgan fingerprint density at radius 1 is 1.33 bits per heavy atom. The molecule has 8 heteroatoms. The molecule has 30 heavy (non-hydrogen) atoms. The first kappa shape index (κ1) is 20.7. The van der Waals surface area contributed by atoms with Gasteiger partial charge in [0.25, 0.3) is 5.22 Å². The molecule has 1 amide bonds. The van der Waals surface area contributed by atoms with Crippen molar-refractivity contribution < 1.29 is 9.21 Å². The van der Waals surface area contributed by atoms with E-state index in [2.05, 4.69) is 53.5 Å². The Hall–Kier alpha value is -2.61. The highest BCUT2D eigenvalue weighted by Gasteiger charge is 2.36. The van der Waals surface area contributed by atoms with Gasteiger partial charge in [-0.1, -0.05) is 50.7 Å². The lowest BCUT2D eigenvalue weighted by Gasteiger charge is -2.36. The molecule has 0 spiro atoms. The molecule has 0 bridgehead atoms. The lowest BCUT2D eigenvalue weighted by atomic mass is 9.74. The number of carbonyl (C=O) groups excluding carboxylic acids is 1. The van der Waals surface area contributed by atoms with Crippen molar-refractivity contribution >= 4 is 17.7 Å². The number of aromatic nitrogens is 4. The van der Waals surface area contributed by atoms with Crippen molar-refractivity contribution in [2.24, 2.45) is 5.41 Å². The molecule has 3 aromatic rings. The maximum atomic E-state index is 12.7. The molecular weight excluding hydrogens is 398 g/mol. The number of aryl methyl sites for hydroxylation is 2. The summed E-state index contributed by atoms with van der Waals surface area (Å²) in [5.74, 6) is 0.775. The number of nitrogens with zero attached hydrogens (tertiary/aromatic N) is 4. The van der Waals surface area contributed by atoms with Gasteiger partial charge >= 0.3 is 0 Å². The van der Waals surface area contributed by atoms with Gasteiger partial charge in [-0.2, -0.15) is 5.10 Å². The van der Waals surface area contributed by atoms with Gasteiger partial charge in [0.15, 0.2) is 0 Å². The number of carbonyl (C=O) groups is 1. The molecule has 1 aliphatic carbocycles. The molecule has 1 atom stereocenters. The van der Waals surface area contributed by atoms with Crippen LogP contribution in [0.1, 0.15) is 55.9 Å². The van der Waals surface area contributed by atoms with E-state index in [1.54, 1.807) is 0 Å². The molecule has 1 aliphatic rings. The van der Waals surface area contributed by atoms with Crippen molar-refractivity contribution in [3.05, 3.63) is 53.2 Å². The monoisotopic (exact) mass is 425 g/mol. The van der Waals surface area contributed by atoms with Crippen LogP contribution in [0.25, 0.3) is 5.69 Å². The Kier molecular flexibility index (Phi) is 5.69. The summed E-state index contributed by atoms with van der Waals surface area (Å²) in [5.41, 5.74) is 4.58. The van der Waals surface area contributed by atoms with Gasteiger partial charge in [-0.3, -0.25) is 4.79 Å². The lowest BCUT2D eigenvalue weighted by molar-refractivity contribution is -0.119. The van der Waals surface area contributed by atoms with Crippen molar-refractivity contribution in [1.82, 2.24) is 25.3 Å². The predicted octanol–water partition coefficient (Wildman–Crippen LogP) is 4.05. The Labute approximate surface area is 180 Å². The second kappa shape index (κ2) is 8.26. The molecule has 7 nitrogen and oxygen atoms in total. The average Bonchev–Trinajstić information content (AvgIpc) is 3.33. The molecule has 1 unspecified atom stereocenters. The zero-order valence-electron chi connectivity index (χ0n) is 17.8. The van der Waals surface area contributed by atoms with Gasteiger partial charge in [-0.15, -0.1) is 10.2 Å². The van der Waals surface area contributed by atoms with E-state index in [0.717, 1.165) is 24.1 Å². The van der Waals surface area contributed by atoms with Gasteiger partial charge in [-0.25, -0.2) is 4.68 Å². The Balaban J connectivity index is 1.52. The minimum atomic E-state index is -0.0662. The number of hydrogen-bond donors (Lipinski definition) is 1. The summed E-state index contributed by atoms with van der Waals surface area (Å²) in [5, 5.41) is 16.2. The quantitative estimate of drug-likeness (QED) is 0.600. The highest BCUT2D eigenvalue weighted by atomic mass is 32.2. The number of benzene rings is 1. The summed E-state index contributed by atoms with van der Waals surface area (Å²) in [7, 11) is 0. The standard InChI is InChI=1S/C22H27N5O2S/c1-5-20-25-26-21(29-20)30-13-19(28)24-16-10-22(3,4)11-18-15(16)12-23-27(18)17-9-7-6-8-14(17)2/h6-9,12,16H,5,10-11,13H2,1-4H3,(H,24,28). The van der Waals surface area contributed by atoms with Crippen molar-refractivity contribution in [3.8, 4) is 5.69 Å². The fourth-order valence-corrected chi connectivity index (χ4v) is 4.57. The molecule has 0 aliphatic heterocycles. The molecule has 2 aromatic heterocycles. The van der Waals surface area contributed by atoms with Crippen molar-refractivity contribution in [2.45, 2.75) is 58.2 Å². The fourth-order valence-electron chi connectivity index (χ4n) is 3.98. The molecule has 4 rings (SSSR count). The molecule has 0 fully saturated rings. The molecular formula is C22H27N5O2S. The largest absolute Gasteiger partial charge is 0.416 e. The minimum Gasteiger partial charge on any atom is -0.416 e. The lowest BCUT2D eigenvalue weighted by Crippen LogP contribution is -2.37. The minimum absolute atomic E-state index is 0.0476. The topological polar surface area (TPSA) is 85.8 Å². The SMILES string of the molecule is CCc1nnc(SCC(=O)NC2CC(C)(C)Cc3c2cnn3-c2ccccc2C)o1. The summed E-state index contributed by atoms with van der Waals surface area (Å²) in [6, 6.07) is 8.18. The summed E-state index contributed by atoms with van der Waals surface area (Å²) in [4.78, 5) is 12.7. The van der Waals surface area contributed by atoms with Crippen molar-refractivity contribution in [3.63, 3.8) is 0 Å². The van der Waals surface area contributed by atoms with E-state index in [-0.39, 0.29) is 23.1 Å². The molecule has 158 valence electrons. The molecule has 1 aromatic carbocycles. The van der Waals surface area contributed by atoms with Crippen LogP contribution < -0.4 is 5.32 Å². The number of nitrogens with one attached hydrogen (secondary N) is 1. The molecule has 0 saturated carbocycles. The Morgan fingerprint density at radius 2 is 2.13 bits per heavy atom. The number of fused-ring (bicyclic) bond motifs is 1. The van der Waals surface area contributed by atoms with E-state index in [9.17, 15) is 4.79 Å². The van der Waals surface area contributed by atoms with Crippen LogP contribution in [0.4, 0.5) is 0 Å². The number of amides is 1. The van der Waals surface area contributed by atoms with Crippen LogP contribution in [0, 0.1) is 12.3 Å². The van der Waals surface area contributed by atoms with Crippen LogP contribution in [0.3, 0.4) is 0 Å². The number of para-hydroxylation sites is 1. The normalized spacial score (nSPS) is 17.5. The van der Waals surface area contributed by atoms with E-state index in [1.807, 2.05) is 29.9 Å². The number of thioether (sulfide) groups is 1. The predicted molar refractivity (Wildman–Crippen MR) is 116 cm³/mol. The summed E-state index contributed by atoms with van der Waals surface area (Å²) < 4.78 is 7.51. The van der Waals surface area contributed by atoms with Gasteiger partial charge in [0, 0.05) is 12.0 Å². The third-order valence-electron chi connectivity index (χ3n) is 5.44. The van der Waals surface area contributed by atoms with Crippen LogP contribution in [-0.2, 0) is 17.6 Å². The first-order valence-electron chi connectivity index (χ1n) is 10.2. The smallest absolute Gasteiger partial charge is 0.277 e. The van der Waals surface area contributed by atoms with Gasteiger partial charge < -0.3 is 9.73 Å². The maximum absolute atomic E-state index is 12.7. The Morgan fingerprint density at radius 3 is 2.87 bits per heavy atom. The van der Waals surface area contributed by atoms with Gasteiger partial charge in [0.2, 0.25) is 11.8 Å². The van der Waals surface area contributed by atoms with Crippen LogP contribution in [0.2, 0.25) is 0 Å². The highest BCUT2D eigenvalue weighted by molar-refractivity contribution is 7.99. The second-order valence-corrected chi connectivity index (χ2v) is 9.44. The number of rotatable bonds is 6.